The lowest BCUT2D eigenvalue weighted by molar-refractivity contribution is -0.177. The summed E-state index contributed by atoms with van der Waals surface area (Å²) in [4.78, 5) is 23.7. The van der Waals surface area contributed by atoms with E-state index in [4.69, 9.17) is 4.74 Å². The molecule has 5 aliphatic rings. The van der Waals surface area contributed by atoms with E-state index in [-0.39, 0.29) is 28.8 Å². The van der Waals surface area contributed by atoms with Crippen LogP contribution in [-0.2, 0) is 14.3 Å². The standard InChI is InChI=1S/C11H12O3/c12-8-6-5-7-11(8)4-2-1-3-10(6,11)9(13)14-7/h6-7H,1-5H2/t6-,7+,10+,11+/m1/s1. The van der Waals surface area contributed by atoms with Gasteiger partial charge >= 0.3 is 5.97 Å². The van der Waals surface area contributed by atoms with E-state index in [9.17, 15) is 9.59 Å². The molecular formula is C11H12O3. The molecular weight excluding hydrogens is 180 g/mol. The maximum Gasteiger partial charge on any atom is 0.314 e. The van der Waals surface area contributed by atoms with Crippen LogP contribution >= 0.6 is 0 Å². The van der Waals surface area contributed by atoms with Crippen molar-refractivity contribution in [1.82, 2.24) is 0 Å². The Labute approximate surface area is 81.8 Å². The molecule has 0 radical (unpaired) electrons. The van der Waals surface area contributed by atoms with Crippen LogP contribution in [0, 0.1) is 16.7 Å². The minimum absolute atomic E-state index is 0.0362. The number of Topliss-reactive ketones (excluding diaryl/α,β-unsaturated/α-hetero) is 1. The van der Waals surface area contributed by atoms with Crippen LogP contribution in [0.1, 0.15) is 32.1 Å². The maximum absolute atomic E-state index is 11.9. The first-order valence-corrected chi connectivity index (χ1v) is 5.49. The number of carbonyl (C=O) groups excluding carboxylic acids is 2. The first-order valence-electron chi connectivity index (χ1n) is 5.49. The molecule has 4 bridgehead atoms. The van der Waals surface area contributed by atoms with Gasteiger partial charge in [0.15, 0.2) is 0 Å². The monoisotopic (exact) mass is 192 g/mol. The summed E-state index contributed by atoms with van der Waals surface area (Å²) in [6.07, 6.45) is 4.76. The summed E-state index contributed by atoms with van der Waals surface area (Å²) in [6, 6.07) is 0. The second kappa shape index (κ2) is 1.77. The average molecular weight is 192 g/mol. The van der Waals surface area contributed by atoms with Gasteiger partial charge in [-0.2, -0.15) is 0 Å². The van der Waals surface area contributed by atoms with Gasteiger partial charge in [-0.1, -0.05) is 12.8 Å². The predicted molar refractivity (Wildman–Crippen MR) is 46.3 cm³/mol. The number of hydrogen-bond acceptors (Lipinski definition) is 3. The van der Waals surface area contributed by atoms with Crippen LogP contribution in [0.25, 0.3) is 0 Å². The minimum atomic E-state index is -0.340. The lowest BCUT2D eigenvalue weighted by Gasteiger charge is -2.53. The zero-order valence-electron chi connectivity index (χ0n) is 7.91. The third-order valence-electron chi connectivity index (χ3n) is 5.15. The molecule has 1 spiro atoms. The van der Waals surface area contributed by atoms with E-state index in [1.54, 1.807) is 0 Å². The van der Waals surface area contributed by atoms with Crippen LogP contribution in [0.5, 0.6) is 0 Å². The highest BCUT2D eigenvalue weighted by atomic mass is 16.6. The van der Waals surface area contributed by atoms with Gasteiger partial charge in [-0.15, -0.1) is 0 Å². The SMILES string of the molecule is O=C1[C@H]2C[C@@H]3OC(=O)[C@]24CCCC[C@@]134. The van der Waals surface area contributed by atoms with Crippen molar-refractivity contribution in [2.75, 3.05) is 0 Å². The van der Waals surface area contributed by atoms with Crippen molar-refractivity contribution in [3.8, 4) is 0 Å². The number of ether oxygens (including phenoxy) is 1. The summed E-state index contributed by atoms with van der Waals surface area (Å²) in [5.74, 6) is 0.320. The zero-order valence-corrected chi connectivity index (χ0v) is 7.91. The lowest BCUT2D eigenvalue weighted by Crippen LogP contribution is -2.63. The molecule has 1 aliphatic heterocycles. The van der Waals surface area contributed by atoms with Crippen molar-refractivity contribution in [1.29, 1.82) is 0 Å². The summed E-state index contributed by atoms with van der Waals surface area (Å²) >= 11 is 0. The fraction of sp³-hybridized carbons (Fsp3) is 0.818. The average Bonchev–Trinajstić information content (AvgIpc) is 2.72. The van der Waals surface area contributed by atoms with Crippen LogP contribution in [0.2, 0.25) is 0 Å². The molecule has 3 heteroatoms. The van der Waals surface area contributed by atoms with E-state index < -0.39 is 0 Å². The Bertz CT molecular complexity index is 359. The fourth-order valence-corrected chi connectivity index (χ4v) is 4.68. The molecule has 0 unspecified atom stereocenters. The Kier molecular flexibility index (Phi) is 0.942. The molecule has 14 heavy (non-hydrogen) atoms. The molecule has 4 saturated carbocycles. The molecule has 1 heterocycles. The maximum atomic E-state index is 11.9. The normalized spacial score (nSPS) is 58.0. The highest BCUT2D eigenvalue weighted by Crippen LogP contribution is 2.78. The number of ketones is 1. The van der Waals surface area contributed by atoms with Crippen LogP contribution < -0.4 is 0 Å². The Morgan fingerprint density at radius 1 is 1.14 bits per heavy atom. The fourth-order valence-electron chi connectivity index (χ4n) is 4.68. The second-order valence-electron chi connectivity index (χ2n) is 5.20. The second-order valence-corrected chi connectivity index (χ2v) is 5.20. The van der Waals surface area contributed by atoms with E-state index in [2.05, 4.69) is 0 Å². The molecule has 5 fully saturated rings. The first kappa shape index (κ1) is 7.43. The molecule has 3 nitrogen and oxygen atoms in total. The first-order chi connectivity index (χ1) is 6.73. The van der Waals surface area contributed by atoms with Crippen molar-refractivity contribution in [3.05, 3.63) is 0 Å². The molecule has 0 aromatic rings. The molecule has 4 aliphatic carbocycles. The van der Waals surface area contributed by atoms with E-state index in [1.165, 1.54) is 0 Å². The van der Waals surface area contributed by atoms with E-state index in [0.29, 0.717) is 5.78 Å². The Hall–Kier alpha value is -0.860. The van der Waals surface area contributed by atoms with Crippen molar-refractivity contribution in [3.63, 3.8) is 0 Å². The number of hydrogen-bond donors (Lipinski definition) is 0. The van der Waals surface area contributed by atoms with Gasteiger partial charge in [-0.3, -0.25) is 9.59 Å². The number of carbonyl (C=O) groups is 2. The van der Waals surface area contributed by atoms with Gasteiger partial charge in [0.2, 0.25) is 0 Å². The van der Waals surface area contributed by atoms with E-state index in [1.807, 2.05) is 0 Å². The Morgan fingerprint density at radius 2 is 1.86 bits per heavy atom. The topological polar surface area (TPSA) is 43.4 Å². The largest absolute Gasteiger partial charge is 0.461 e. The van der Waals surface area contributed by atoms with Gasteiger partial charge in [-0.05, 0) is 19.3 Å². The van der Waals surface area contributed by atoms with Gasteiger partial charge in [0.1, 0.15) is 11.9 Å². The third kappa shape index (κ3) is 0.406. The highest BCUT2D eigenvalue weighted by Gasteiger charge is 2.88. The molecule has 0 amide bonds. The van der Waals surface area contributed by atoms with Gasteiger partial charge in [-0.25, -0.2) is 0 Å². The molecule has 0 N–H and O–H groups in total. The quantitative estimate of drug-likeness (QED) is 0.539. The molecule has 0 aromatic heterocycles. The van der Waals surface area contributed by atoms with Gasteiger partial charge < -0.3 is 4.74 Å². The Balaban J connectivity index is 1.98. The summed E-state index contributed by atoms with van der Waals surface area (Å²) in [5, 5.41) is 0. The van der Waals surface area contributed by atoms with Crippen LogP contribution in [0.15, 0.2) is 0 Å². The van der Waals surface area contributed by atoms with Gasteiger partial charge in [0.25, 0.3) is 0 Å². The summed E-state index contributed by atoms with van der Waals surface area (Å²) < 4.78 is 5.35. The van der Waals surface area contributed by atoms with E-state index in [0.717, 1.165) is 32.1 Å². The van der Waals surface area contributed by atoms with Crippen LogP contribution in [0.3, 0.4) is 0 Å². The van der Waals surface area contributed by atoms with Gasteiger partial charge in [0, 0.05) is 5.92 Å². The summed E-state index contributed by atoms with van der Waals surface area (Å²) in [5.41, 5.74) is -0.681. The van der Waals surface area contributed by atoms with Crippen LogP contribution in [-0.4, -0.2) is 17.9 Å². The molecule has 74 valence electrons. The zero-order chi connectivity index (χ0) is 9.55. The van der Waals surface area contributed by atoms with Crippen LogP contribution in [0.4, 0.5) is 0 Å². The van der Waals surface area contributed by atoms with Crippen molar-refractivity contribution < 1.29 is 14.3 Å². The third-order valence-corrected chi connectivity index (χ3v) is 5.15. The molecule has 1 saturated heterocycles. The summed E-state index contributed by atoms with van der Waals surface area (Å²) in [7, 11) is 0. The van der Waals surface area contributed by atoms with E-state index >= 15 is 0 Å². The van der Waals surface area contributed by atoms with Crippen molar-refractivity contribution >= 4 is 11.8 Å². The molecule has 0 aromatic carbocycles. The summed E-state index contributed by atoms with van der Waals surface area (Å²) in [6.45, 7) is 0. The highest BCUT2D eigenvalue weighted by molar-refractivity contribution is 6.10. The van der Waals surface area contributed by atoms with Crippen molar-refractivity contribution in [2.45, 2.75) is 38.2 Å². The number of rotatable bonds is 0. The molecule has 5 rings (SSSR count). The number of esters is 1. The minimum Gasteiger partial charge on any atom is -0.461 e. The van der Waals surface area contributed by atoms with Crippen molar-refractivity contribution in [2.24, 2.45) is 16.7 Å². The van der Waals surface area contributed by atoms with Gasteiger partial charge in [0.05, 0.1) is 10.8 Å². The predicted octanol–water partition coefficient (Wildman–Crippen LogP) is 1.06. The smallest absolute Gasteiger partial charge is 0.314 e. The Morgan fingerprint density at radius 3 is 2.57 bits per heavy atom. The molecule has 4 atom stereocenters. The lowest BCUT2D eigenvalue weighted by atomic mass is 9.43.